The van der Waals surface area contributed by atoms with Gasteiger partial charge in [-0.05, 0) is 30.5 Å². The number of rotatable bonds is 7. The number of aryl methyl sites for hydroxylation is 1. The zero-order valence-electron chi connectivity index (χ0n) is 12.0. The van der Waals surface area contributed by atoms with Crippen molar-refractivity contribution in [2.75, 3.05) is 12.0 Å². The third kappa shape index (κ3) is 4.40. The van der Waals surface area contributed by atoms with Crippen LogP contribution in [0.25, 0.3) is 0 Å². The van der Waals surface area contributed by atoms with Crippen LogP contribution in [-0.4, -0.2) is 21.7 Å². The fraction of sp³-hybridized carbons (Fsp3) is 0.333. The Morgan fingerprint density at radius 3 is 2.57 bits per heavy atom. The van der Waals surface area contributed by atoms with Gasteiger partial charge >= 0.3 is 0 Å². The summed E-state index contributed by atoms with van der Waals surface area (Å²) in [7, 11) is 0. The van der Waals surface area contributed by atoms with Crippen LogP contribution in [0.4, 0.5) is 5.82 Å². The highest BCUT2D eigenvalue weighted by Crippen LogP contribution is 2.22. The van der Waals surface area contributed by atoms with Gasteiger partial charge in [-0.2, -0.15) is 4.98 Å². The number of nitrogens with zero attached hydrogens (tertiary/aromatic N) is 2. The Bertz CT molecular complexity index is 572. The molecule has 21 heavy (non-hydrogen) atoms. The molecular weight excluding hydrogens is 268 g/mol. The maximum absolute atomic E-state index is 8.90. The van der Waals surface area contributed by atoms with Crippen LogP contribution in [0.1, 0.15) is 24.7 Å². The summed E-state index contributed by atoms with van der Waals surface area (Å²) in [5.74, 6) is 7.77. The van der Waals surface area contributed by atoms with Gasteiger partial charge in [0.05, 0.1) is 0 Å². The van der Waals surface area contributed by atoms with E-state index >= 15 is 0 Å². The van der Waals surface area contributed by atoms with Gasteiger partial charge in [-0.3, -0.25) is 0 Å². The van der Waals surface area contributed by atoms with Gasteiger partial charge in [-0.15, -0.1) is 0 Å². The van der Waals surface area contributed by atoms with Crippen molar-refractivity contribution in [1.29, 1.82) is 0 Å². The summed E-state index contributed by atoms with van der Waals surface area (Å²) < 4.78 is 5.73. The van der Waals surface area contributed by atoms with E-state index in [1.165, 1.54) is 0 Å². The molecule has 6 heteroatoms. The zero-order valence-corrected chi connectivity index (χ0v) is 12.0. The first-order chi connectivity index (χ1) is 10.2. The summed E-state index contributed by atoms with van der Waals surface area (Å²) in [6.45, 7) is 2.20. The summed E-state index contributed by atoms with van der Waals surface area (Å²) in [6, 6.07) is 9.19. The first-order valence-corrected chi connectivity index (χ1v) is 6.97. The molecule has 0 radical (unpaired) electrons. The highest BCUT2D eigenvalue weighted by atomic mass is 16.5. The molecule has 2 aromatic rings. The molecule has 0 aliphatic rings. The van der Waals surface area contributed by atoms with Crippen LogP contribution in [0.2, 0.25) is 0 Å². The van der Waals surface area contributed by atoms with E-state index in [1.807, 2.05) is 24.3 Å². The van der Waals surface area contributed by atoms with Gasteiger partial charge in [-0.1, -0.05) is 19.1 Å². The van der Waals surface area contributed by atoms with Gasteiger partial charge in [0.15, 0.2) is 0 Å². The number of ether oxygens (including phenoxy) is 1. The Balaban J connectivity index is 2.15. The number of hydrogen-bond acceptors (Lipinski definition) is 6. The molecule has 0 amide bonds. The quantitative estimate of drug-likeness (QED) is 0.533. The topological polar surface area (TPSA) is 93.3 Å². The molecule has 4 N–H and O–H groups in total. The smallest absolute Gasteiger partial charge is 0.224 e. The van der Waals surface area contributed by atoms with Crippen LogP contribution in [0.3, 0.4) is 0 Å². The normalized spacial score (nSPS) is 10.4. The summed E-state index contributed by atoms with van der Waals surface area (Å²) in [5, 5.41) is 8.90. The molecule has 1 heterocycles. The molecule has 0 fully saturated rings. The standard InChI is InChI=1S/C15H20N4O2/c1-2-3-13-17-14(19-16)10-15(18-13)21-12-6-4-11(5-7-12)8-9-20/h4-7,10,20H,2-3,8-9,16H2,1H3,(H,17,18,19). The predicted molar refractivity (Wildman–Crippen MR) is 81.1 cm³/mol. The molecule has 0 bridgehead atoms. The van der Waals surface area contributed by atoms with E-state index in [9.17, 15) is 0 Å². The lowest BCUT2D eigenvalue weighted by molar-refractivity contribution is 0.299. The highest BCUT2D eigenvalue weighted by Gasteiger charge is 2.06. The molecule has 2 rings (SSSR count). The first kappa shape index (κ1) is 15.2. The molecule has 0 atom stereocenters. The van der Waals surface area contributed by atoms with E-state index < -0.39 is 0 Å². The van der Waals surface area contributed by atoms with Gasteiger partial charge in [0.25, 0.3) is 0 Å². The lowest BCUT2D eigenvalue weighted by atomic mass is 10.1. The van der Waals surface area contributed by atoms with Crippen LogP contribution in [0, 0.1) is 0 Å². The number of aliphatic hydroxyl groups excluding tert-OH is 1. The molecular formula is C15H20N4O2. The second kappa shape index (κ2) is 7.56. The maximum atomic E-state index is 8.90. The Hall–Kier alpha value is -2.18. The minimum absolute atomic E-state index is 0.137. The van der Waals surface area contributed by atoms with Crippen LogP contribution < -0.4 is 16.0 Å². The van der Waals surface area contributed by atoms with Crippen LogP contribution in [0.15, 0.2) is 30.3 Å². The lowest BCUT2D eigenvalue weighted by Crippen LogP contribution is -2.10. The molecule has 0 spiro atoms. The van der Waals surface area contributed by atoms with Gasteiger partial charge in [-0.25, -0.2) is 10.8 Å². The molecule has 1 aromatic carbocycles. The average molecular weight is 288 g/mol. The SMILES string of the molecule is CCCc1nc(NN)cc(Oc2ccc(CCO)cc2)n1. The van der Waals surface area contributed by atoms with Crippen LogP contribution in [-0.2, 0) is 12.8 Å². The number of nitrogen functional groups attached to an aromatic ring is 1. The highest BCUT2D eigenvalue weighted by molar-refractivity contribution is 5.39. The van der Waals surface area contributed by atoms with Crippen LogP contribution >= 0.6 is 0 Å². The van der Waals surface area contributed by atoms with Crippen molar-refractivity contribution in [3.63, 3.8) is 0 Å². The van der Waals surface area contributed by atoms with Crippen molar-refractivity contribution in [2.24, 2.45) is 5.84 Å². The minimum Gasteiger partial charge on any atom is -0.439 e. The van der Waals surface area contributed by atoms with Crippen molar-refractivity contribution < 1.29 is 9.84 Å². The predicted octanol–water partition coefficient (Wildman–Crippen LogP) is 2.04. The van der Waals surface area contributed by atoms with Crippen molar-refractivity contribution in [2.45, 2.75) is 26.2 Å². The largest absolute Gasteiger partial charge is 0.439 e. The van der Waals surface area contributed by atoms with Gasteiger partial charge < -0.3 is 15.3 Å². The summed E-state index contributed by atoms with van der Waals surface area (Å²) in [5.41, 5.74) is 3.58. The van der Waals surface area contributed by atoms with Gasteiger partial charge in [0, 0.05) is 19.1 Å². The molecule has 0 saturated heterocycles. The number of nitrogens with one attached hydrogen (secondary N) is 1. The van der Waals surface area contributed by atoms with E-state index in [1.54, 1.807) is 6.07 Å². The number of anilines is 1. The second-order valence-electron chi connectivity index (χ2n) is 4.62. The molecule has 0 aliphatic heterocycles. The minimum atomic E-state index is 0.137. The molecule has 0 aliphatic carbocycles. The van der Waals surface area contributed by atoms with Gasteiger partial charge in [0.2, 0.25) is 5.88 Å². The summed E-state index contributed by atoms with van der Waals surface area (Å²) in [6.07, 6.45) is 2.35. The van der Waals surface area contributed by atoms with Crippen molar-refractivity contribution in [3.05, 3.63) is 41.7 Å². The number of hydrazine groups is 1. The third-order valence-corrected chi connectivity index (χ3v) is 2.92. The Morgan fingerprint density at radius 2 is 1.95 bits per heavy atom. The fourth-order valence-corrected chi connectivity index (χ4v) is 1.91. The Kier molecular flexibility index (Phi) is 5.48. The van der Waals surface area contributed by atoms with E-state index in [4.69, 9.17) is 15.7 Å². The summed E-state index contributed by atoms with van der Waals surface area (Å²) >= 11 is 0. The second-order valence-corrected chi connectivity index (χ2v) is 4.62. The van der Waals surface area contributed by atoms with Crippen LogP contribution in [0.5, 0.6) is 11.6 Å². The maximum Gasteiger partial charge on any atom is 0.224 e. The first-order valence-electron chi connectivity index (χ1n) is 6.97. The molecule has 0 saturated carbocycles. The molecule has 112 valence electrons. The third-order valence-electron chi connectivity index (χ3n) is 2.92. The van der Waals surface area contributed by atoms with Gasteiger partial charge in [0.1, 0.15) is 17.4 Å². The number of aliphatic hydroxyl groups is 1. The fourth-order valence-electron chi connectivity index (χ4n) is 1.91. The zero-order chi connectivity index (χ0) is 15.1. The number of benzene rings is 1. The van der Waals surface area contributed by atoms with E-state index in [0.29, 0.717) is 29.7 Å². The van der Waals surface area contributed by atoms with Crippen molar-refractivity contribution in [3.8, 4) is 11.6 Å². The monoisotopic (exact) mass is 288 g/mol. The van der Waals surface area contributed by atoms with E-state index in [2.05, 4.69) is 22.3 Å². The molecule has 1 aromatic heterocycles. The Morgan fingerprint density at radius 1 is 1.19 bits per heavy atom. The number of hydrogen-bond donors (Lipinski definition) is 3. The average Bonchev–Trinajstić information content (AvgIpc) is 2.49. The van der Waals surface area contributed by atoms with E-state index in [-0.39, 0.29) is 6.61 Å². The summed E-state index contributed by atoms with van der Waals surface area (Å²) in [4.78, 5) is 8.62. The molecule has 0 unspecified atom stereocenters. The Labute approximate surface area is 124 Å². The molecule has 6 nitrogen and oxygen atoms in total. The lowest BCUT2D eigenvalue weighted by Gasteiger charge is -2.09. The van der Waals surface area contributed by atoms with Crippen molar-refractivity contribution >= 4 is 5.82 Å². The number of nitrogens with two attached hydrogens (primary N) is 1. The number of aromatic nitrogens is 2. The van der Waals surface area contributed by atoms with Crippen molar-refractivity contribution in [1.82, 2.24) is 9.97 Å². The van der Waals surface area contributed by atoms with E-state index in [0.717, 1.165) is 18.4 Å².